The highest BCUT2D eigenvalue weighted by Gasteiger charge is 2.48. The second-order valence-corrected chi connectivity index (χ2v) is 7.43. The summed E-state index contributed by atoms with van der Waals surface area (Å²) in [6.45, 7) is 1.09. The molecule has 30 heavy (non-hydrogen) atoms. The molecule has 1 aliphatic rings. The number of aromatic nitrogens is 2. The molecule has 5 atom stereocenters. The first-order valence-corrected chi connectivity index (χ1v) is 10.5. The predicted molar refractivity (Wildman–Crippen MR) is 112 cm³/mol. The SMILES string of the molecule is CC(=O)O[C@@H]1[C@@H](F)[C@H](O)[C@@H](CI)O[C@H]1n1ccc(NC(=O)c2ccccc2)nc1=O. The maximum absolute atomic E-state index is 14.7. The Kier molecular flexibility index (Phi) is 7.15. The molecule has 9 nitrogen and oxygen atoms in total. The van der Waals surface area contributed by atoms with Gasteiger partial charge in [-0.05, 0) is 18.2 Å². The van der Waals surface area contributed by atoms with Gasteiger partial charge in [0.1, 0.15) is 11.9 Å². The van der Waals surface area contributed by atoms with Gasteiger partial charge < -0.3 is 19.9 Å². The van der Waals surface area contributed by atoms with Crippen molar-refractivity contribution in [1.29, 1.82) is 0 Å². The lowest BCUT2D eigenvalue weighted by Gasteiger charge is -2.40. The van der Waals surface area contributed by atoms with E-state index in [9.17, 15) is 23.9 Å². The number of nitrogens with zero attached hydrogens (tertiary/aromatic N) is 2. The van der Waals surface area contributed by atoms with E-state index < -0.39 is 48.3 Å². The van der Waals surface area contributed by atoms with Crippen LogP contribution in [0.1, 0.15) is 23.5 Å². The normalized spacial score (nSPS) is 26.1. The Bertz CT molecular complexity index is 972. The van der Waals surface area contributed by atoms with Crippen molar-refractivity contribution in [3.05, 3.63) is 58.6 Å². The molecule has 0 unspecified atom stereocenters. The fourth-order valence-electron chi connectivity index (χ4n) is 3.01. The van der Waals surface area contributed by atoms with Crippen LogP contribution in [0.25, 0.3) is 0 Å². The summed E-state index contributed by atoms with van der Waals surface area (Å²) in [6.07, 6.45) is -6.01. The molecule has 1 amide bonds. The van der Waals surface area contributed by atoms with Crippen molar-refractivity contribution in [3.8, 4) is 0 Å². The lowest BCUT2D eigenvalue weighted by atomic mass is 10.00. The number of aliphatic hydroxyl groups excluding tert-OH is 1. The first-order valence-electron chi connectivity index (χ1n) is 8.98. The van der Waals surface area contributed by atoms with Crippen molar-refractivity contribution in [2.24, 2.45) is 0 Å². The van der Waals surface area contributed by atoms with Crippen molar-refractivity contribution in [1.82, 2.24) is 9.55 Å². The van der Waals surface area contributed by atoms with E-state index in [-0.39, 0.29) is 10.2 Å². The summed E-state index contributed by atoms with van der Waals surface area (Å²) in [6, 6.07) is 9.70. The fraction of sp³-hybridized carbons (Fsp3) is 0.368. The molecular formula is C19H19FIN3O6. The zero-order chi connectivity index (χ0) is 21.8. The Balaban J connectivity index is 1.87. The minimum atomic E-state index is -1.96. The maximum Gasteiger partial charge on any atom is 0.351 e. The summed E-state index contributed by atoms with van der Waals surface area (Å²) in [7, 11) is 0. The lowest BCUT2D eigenvalue weighted by Crippen LogP contribution is -2.56. The van der Waals surface area contributed by atoms with Gasteiger partial charge in [-0.1, -0.05) is 40.8 Å². The number of carbonyl (C=O) groups excluding carboxylic acids is 2. The van der Waals surface area contributed by atoms with Gasteiger partial charge in [0.2, 0.25) is 0 Å². The molecule has 0 aliphatic carbocycles. The van der Waals surface area contributed by atoms with Gasteiger partial charge in [0, 0.05) is 23.1 Å². The fourth-order valence-corrected chi connectivity index (χ4v) is 3.74. The molecular weight excluding hydrogens is 512 g/mol. The van der Waals surface area contributed by atoms with Crippen LogP contribution in [0.4, 0.5) is 10.2 Å². The third-order valence-corrected chi connectivity index (χ3v) is 5.32. The van der Waals surface area contributed by atoms with Crippen LogP contribution in [0, 0.1) is 0 Å². The predicted octanol–water partition coefficient (Wildman–Crippen LogP) is 1.46. The molecule has 3 rings (SSSR count). The second kappa shape index (κ2) is 9.62. The summed E-state index contributed by atoms with van der Waals surface area (Å²) in [5.74, 6) is -1.25. The third-order valence-electron chi connectivity index (χ3n) is 4.45. The van der Waals surface area contributed by atoms with Crippen LogP contribution in [-0.2, 0) is 14.3 Å². The van der Waals surface area contributed by atoms with Crippen molar-refractivity contribution >= 4 is 40.3 Å². The van der Waals surface area contributed by atoms with Crippen LogP contribution in [0.5, 0.6) is 0 Å². The van der Waals surface area contributed by atoms with Gasteiger partial charge in [0.25, 0.3) is 5.91 Å². The third kappa shape index (κ3) is 4.84. The average molecular weight is 531 g/mol. The molecule has 0 radical (unpaired) electrons. The highest BCUT2D eigenvalue weighted by atomic mass is 127. The highest BCUT2D eigenvalue weighted by molar-refractivity contribution is 14.1. The number of anilines is 1. The number of amides is 1. The van der Waals surface area contributed by atoms with Crippen molar-refractivity contribution in [2.45, 2.75) is 37.6 Å². The molecule has 2 heterocycles. The first-order chi connectivity index (χ1) is 14.3. The van der Waals surface area contributed by atoms with Crippen LogP contribution in [0.3, 0.4) is 0 Å². The number of hydrogen-bond acceptors (Lipinski definition) is 7. The molecule has 1 aromatic heterocycles. The Hall–Kier alpha value is -2.38. The highest BCUT2D eigenvalue weighted by Crippen LogP contribution is 2.32. The standard InChI is InChI=1S/C19H19FIN3O6/c1-10(25)29-16-14(20)15(26)12(9-21)30-18(16)24-8-7-13(23-19(24)28)22-17(27)11-5-3-2-4-6-11/h2-8,12,14-16,18,26H,9H2,1H3,(H,22,23,27,28)/t12-,14+,15-,16-,18-/m1/s1. The van der Waals surface area contributed by atoms with Crippen LogP contribution < -0.4 is 11.0 Å². The van der Waals surface area contributed by atoms with E-state index in [4.69, 9.17) is 9.47 Å². The molecule has 1 aromatic carbocycles. The van der Waals surface area contributed by atoms with E-state index >= 15 is 0 Å². The van der Waals surface area contributed by atoms with E-state index in [1.807, 2.05) is 22.6 Å². The molecule has 160 valence electrons. The quantitative estimate of drug-likeness (QED) is 0.341. The van der Waals surface area contributed by atoms with Gasteiger partial charge in [-0.2, -0.15) is 4.98 Å². The van der Waals surface area contributed by atoms with Gasteiger partial charge in [0.15, 0.2) is 18.5 Å². The number of benzene rings is 1. The summed E-state index contributed by atoms with van der Waals surface area (Å²) < 4.78 is 26.6. The minimum absolute atomic E-state index is 0.00720. The molecule has 11 heteroatoms. The topological polar surface area (TPSA) is 120 Å². The summed E-state index contributed by atoms with van der Waals surface area (Å²) >= 11 is 1.92. The summed E-state index contributed by atoms with van der Waals surface area (Å²) in [5.41, 5.74) is -0.466. The Labute approximate surface area is 184 Å². The van der Waals surface area contributed by atoms with Crippen LogP contribution >= 0.6 is 22.6 Å². The second-order valence-electron chi connectivity index (χ2n) is 6.55. The summed E-state index contributed by atoms with van der Waals surface area (Å²) in [5, 5.41) is 12.6. The lowest BCUT2D eigenvalue weighted by molar-refractivity contribution is -0.233. The number of ether oxygens (including phenoxy) is 2. The van der Waals surface area contributed by atoms with Crippen molar-refractivity contribution in [3.63, 3.8) is 0 Å². The summed E-state index contributed by atoms with van der Waals surface area (Å²) in [4.78, 5) is 40.0. The number of aliphatic hydroxyl groups is 1. The monoisotopic (exact) mass is 531 g/mol. The Morgan fingerprint density at radius 3 is 2.63 bits per heavy atom. The van der Waals surface area contributed by atoms with Crippen LogP contribution in [-0.4, -0.2) is 55.4 Å². The zero-order valence-electron chi connectivity index (χ0n) is 15.8. The zero-order valence-corrected chi connectivity index (χ0v) is 17.9. The maximum atomic E-state index is 14.7. The first kappa shape index (κ1) is 22.3. The van der Waals surface area contributed by atoms with E-state index in [0.717, 1.165) is 11.5 Å². The van der Waals surface area contributed by atoms with E-state index in [0.29, 0.717) is 5.56 Å². The van der Waals surface area contributed by atoms with Crippen LogP contribution in [0.2, 0.25) is 0 Å². The smallest absolute Gasteiger partial charge is 0.351 e. The molecule has 0 saturated carbocycles. The molecule has 1 saturated heterocycles. The van der Waals surface area contributed by atoms with Gasteiger partial charge >= 0.3 is 11.7 Å². The molecule has 1 aliphatic heterocycles. The number of carbonyl (C=O) groups is 2. The minimum Gasteiger partial charge on any atom is -0.454 e. The Morgan fingerprint density at radius 2 is 2.03 bits per heavy atom. The van der Waals surface area contributed by atoms with E-state index in [1.165, 1.54) is 12.3 Å². The number of alkyl halides is 2. The van der Waals surface area contributed by atoms with Gasteiger partial charge in [-0.25, -0.2) is 9.18 Å². The van der Waals surface area contributed by atoms with E-state index in [2.05, 4.69) is 10.3 Å². The number of hydrogen-bond donors (Lipinski definition) is 2. The van der Waals surface area contributed by atoms with Crippen LogP contribution in [0.15, 0.2) is 47.4 Å². The Morgan fingerprint density at radius 1 is 1.33 bits per heavy atom. The molecule has 2 N–H and O–H groups in total. The van der Waals surface area contributed by atoms with Crippen molar-refractivity contribution < 1.29 is 28.6 Å². The number of nitrogens with one attached hydrogen (secondary N) is 1. The van der Waals surface area contributed by atoms with Gasteiger partial charge in [-0.15, -0.1) is 0 Å². The number of esters is 1. The molecule has 0 bridgehead atoms. The van der Waals surface area contributed by atoms with Gasteiger partial charge in [0.05, 0.1) is 6.10 Å². The average Bonchev–Trinajstić information content (AvgIpc) is 2.72. The number of halogens is 2. The van der Waals surface area contributed by atoms with E-state index in [1.54, 1.807) is 30.3 Å². The largest absolute Gasteiger partial charge is 0.454 e. The molecule has 1 fully saturated rings. The van der Waals surface area contributed by atoms with Gasteiger partial charge in [-0.3, -0.25) is 14.2 Å². The number of rotatable bonds is 5. The molecule has 0 spiro atoms. The van der Waals surface area contributed by atoms with Crippen molar-refractivity contribution in [2.75, 3.05) is 9.74 Å². The molecule has 2 aromatic rings.